The Hall–Kier alpha value is -2.39. The van der Waals surface area contributed by atoms with Crippen molar-refractivity contribution in [3.63, 3.8) is 0 Å². The predicted octanol–water partition coefficient (Wildman–Crippen LogP) is 7.22. The molecule has 13 heteroatoms. The average Bonchev–Trinajstić information content (AvgIpc) is 3.13. The molecule has 54 heavy (non-hydrogen) atoms. The van der Waals surface area contributed by atoms with Crippen LogP contribution in [0, 0.1) is 0 Å². The standard InChI is InChI=1S/C41H70O12S/c1-3-5-7-9-11-13-15-16-17-18-20-22-24-26-28-30-37(43)52-34(31-50-36(42)29-27-25-23-21-19-14-12-10-8-6-4-2)32-51-41-40(46)39(45)38(44)35(53-41)33-54(47,48)49/h5,7,10-13,16-17,34-35,38-41,44-46H,3-4,6,8-9,14-15,18-33H2,1-2H3,(H,47,48,49)/b7-5-,12-10-,13-11-,17-16-. The quantitative estimate of drug-likeness (QED) is 0.0233. The first-order chi connectivity index (χ1) is 26.0. The number of ether oxygens (including phenoxy) is 4. The number of allylic oxidation sites excluding steroid dienone is 8. The summed E-state index contributed by atoms with van der Waals surface area (Å²) in [5, 5.41) is 30.8. The number of esters is 2. The Morgan fingerprint density at radius 3 is 1.76 bits per heavy atom. The van der Waals surface area contributed by atoms with Crippen LogP contribution in [0.3, 0.4) is 0 Å². The van der Waals surface area contributed by atoms with E-state index < -0.39 is 71.2 Å². The second-order valence-corrected chi connectivity index (χ2v) is 15.4. The van der Waals surface area contributed by atoms with Gasteiger partial charge in [0.15, 0.2) is 12.4 Å². The first kappa shape index (κ1) is 49.6. The molecule has 1 aliphatic rings. The molecule has 4 N–H and O–H groups in total. The molecule has 0 bridgehead atoms. The monoisotopic (exact) mass is 786 g/mol. The van der Waals surface area contributed by atoms with E-state index in [0.29, 0.717) is 12.8 Å². The van der Waals surface area contributed by atoms with Crippen LogP contribution in [0.1, 0.15) is 142 Å². The van der Waals surface area contributed by atoms with E-state index in [1.54, 1.807) is 0 Å². The molecule has 1 fully saturated rings. The van der Waals surface area contributed by atoms with Crippen molar-refractivity contribution in [2.24, 2.45) is 0 Å². The van der Waals surface area contributed by atoms with E-state index in [1.165, 1.54) is 12.8 Å². The maximum Gasteiger partial charge on any atom is 0.306 e. The summed E-state index contributed by atoms with van der Waals surface area (Å²) >= 11 is 0. The second-order valence-electron chi connectivity index (χ2n) is 13.9. The summed E-state index contributed by atoms with van der Waals surface area (Å²) in [6.07, 6.45) is 26.0. The zero-order valence-electron chi connectivity index (χ0n) is 32.8. The number of aliphatic hydroxyl groups excluding tert-OH is 3. The maximum atomic E-state index is 12.7. The fourth-order valence-corrected chi connectivity index (χ4v) is 6.42. The minimum absolute atomic E-state index is 0.141. The number of aliphatic hydroxyl groups is 3. The maximum absolute atomic E-state index is 12.7. The van der Waals surface area contributed by atoms with Gasteiger partial charge in [0.2, 0.25) is 0 Å². The first-order valence-corrected chi connectivity index (χ1v) is 21.8. The molecule has 12 nitrogen and oxygen atoms in total. The van der Waals surface area contributed by atoms with Crippen LogP contribution in [0.2, 0.25) is 0 Å². The van der Waals surface area contributed by atoms with Gasteiger partial charge in [-0.15, -0.1) is 0 Å². The van der Waals surface area contributed by atoms with E-state index >= 15 is 0 Å². The van der Waals surface area contributed by atoms with E-state index in [-0.39, 0.29) is 19.4 Å². The molecule has 1 heterocycles. The highest BCUT2D eigenvalue weighted by atomic mass is 32.2. The summed E-state index contributed by atoms with van der Waals surface area (Å²) < 4.78 is 53.8. The van der Waals surface area contributed by atoms with Gasteiger partial charge in [-0.3, -0.25) is 14.1 Å². The van der Waals surface area contributed by atoms with Crippen molar-refractivity contribution in [1.29, 1.82) is 0 Å². The van der Waals surface area contributed by atoms with Gasteiger partial charge in [-0.2, -0.15) is 8.42 Å². The lowest BCUT2D eigenvalue weighted by Crippen LogP contribution is -2.60. The molecule has 0 aromatic heterocycles. The molecule has 6 unspecified atom stereocenters. The van der Waals surface area contributed by atoms with E-state index in [0.717, 1.165) is 89.9 Å². The van der Waals surface area contributed by atoms with Gasteiger partial charge in [0.25, 0.3) is 10.1 Å². The number of unbranched alkanes of at least 4 members (excludes halogenated alkanes) is 12. The molecule has 0 aromatic carbocycles. The van der Waals surface area contributed by atoms with E-state index in [1.807, 2.05) is 0 Å². The smallest absolute Gasteiger partial charge is 0.306 e. The molecule has 1 rings (SSSR count). The zero-order valence-corrected chi connectivity index (χ0v) is 33.6. The highest BCUT2D eigenvalue weighted by Crippen LogP contribution is 2.24. The molecular formula is C41H70O12S. The summed E-state index contributed by atoms with van der Waals surface area (Å²) in [4.78, 5) is 25.3. The van der Waals surface area contributed by atoms with E-state index in [2.05, 4.69) is 62.5 Å². The second kappa shape index (κ2) is 31.8. The van der Waals surface area contributed by atoms with Gasteiger partial charge in [0, 0.05) is 12.8 Å². The van der Waals surface area contributed by atoms with Crippen LogP contribution in [0.15, 0.2) is 48.6 Å². The van der Waals surface area contributed by atoms with Crippen molar-refractivity contribution in [3.8, 4) is 0 Å². The van der Waals surface area contributed by atoms with Crippen LogP contribution < -0.4 is 0 Å². The molecule has 6 atom stereocenters. The van der Waals surface area contributed by atoms with Crippen molar-refractivity contribution in [2.75, 3.05) is 19.0 Å². The molecule has 312 valence electrons. The Morgan fingerprint density at radius 1 is 0.648 bits per heavy atom. The van der Waals surface area contributed by atoms with Crippen molar-refractivity contribution in [1.82, 2.24) is 0 Å². The van der Waals surface area contributed by atoms with Crippen molar-refractivity contribution < 1.29 is 56.8 Å². The topological polar surface area (TPSA) is 186 Å². The lowest BCUT2D eigenvalue weighted by molar-refractivity contribution is -0.297. The van der Waals surface area contributed by atoms with Crippen LogP contribution in [0.4, 0.5) is 0 Å². The summed E-state index contributed by atoms with van der Waals surface area (Å²) in [6, 6.07) is 0. The lowest BCUT2D eigenvalue weighted by Gasteiger charge is -2.40. The number of rotatable bonds is 32. The number of hydrogen-bond acceptors (Lipinski definition) is 11. The van der Waals surface area contributed by atoms with Gasteiger partial charge in [-0.1, -0.05) is 114 Å². The molecule has 0 amide bonds. The SMILES string of the molecule is CC/C=C\C/C=C\C/C=C\CCCCCCCC(=O)OC(COC(=O)CCCCCCC/C=C\CCCC)COC1OC(CS(=O)(=O)O)C(O)C(O)C1O. The van der Waals surface area contributed by atoms with Crippen LogP contribution in [-0.2, 0) is 38.7 Å². The Morgan fingerprint density at radius 2 is 1.17 bits per heavy atom. The van der Waals surface area contributed by atoms with Gasteiger partial charge in [-0.05, 0) is 64.2 Å². The highest BCUT2D eigenvalue weighted by molar-refractivity contribution is 7.85. The number of hydrogen-bond donors (Lipinski definition) is 4. The third kappa shape index (κ3) is 26.4. The highest BCUT2D eigenvalue weighted by Gasteiger charge is 2.46. The molecule has 0 aromatic rings. The van der Waals surface area contributed by atoms with Gasteiger partial charge in [0.05, 0.1) is 6.61 Å². The van der Waals surface area contributed by atoms with Crippen molar-refractivity contribution in [2.45, 2.75) is 179 Å². The first-order valence-electron chi connectivity index (χ1n) is 20.2. The Bertz CT molecular complexity index is 1200. The largest absolute Gasteiger partial charge is 0.462 e. The molecule has 0 radical (unpaired) electrons. The Kier molecular flexibility index (Phi) is 29.2. The van der Waals surface area contributed by atoms with Crippen LogP contribution in [-0.4, -0.2) is 96.0 Å². The average molecular weight is 787 g/mol. The van der Waals surface area contributed by atoms with E-state index in [9.17, 15) is 37.9 Å². The third-order valence-corrected chi connectivity index (χ3v) is 9.64. The third-order valence-electron chi connectivity index (χ3n) is 8.89. The van der Waals surface area contributed by atoms with Crippen LogP contribution in [0.25, 0.3) is 0 Å². The van der Waals surface area contributed by atoms with Gasteiger partial charge in [-0.25, -0.2) is 0 Å². The molecule has 1 aliphatic heterocycles. The molecule has 0 saturated carbocycles. The van der Waals surface area contributed by atoms with Crippen molar-refractivity contribution in [3.05, 3.63) is 48.6 Å². The normalized spacial score (nSPS) is 21.5. The summed E-state index contributed by atoms with van der Waals surface area (Å²) in [5.41, 5.74) is 0. The van der Waals surface area contributed by atoms with Crippen LogP contribution >= 0.6 is 0 Å². The minimum atomic E-state index is -4.60. The van der Waals surface area contributed by atoms with Gasteiger partial charge >= 0.3 is 11.9 Å². The summed E-state index contributed by atoms with van der Waals surface area (Å²) in [5.74, 6) is -2.03. The van der Waals surface area contributed by atoms with Crippen molar-refractivity contribution >= 4 is 22.1 Å². The predicted molar refractivity (Wildman–Crippen MR) is 210 cm³/mol. The van der Waals surface area contributed by atoms with E-state index in [4.69, 9.17) is 18.9 Å². The molecule has 0 spiro atoms. The summed E-state index contributed by atoms with van der Waals surface area (Å²) in [7, 11) is -4.60. The lowest BCUT2D eigenvalue weighted by atomic mass is 10.00. The molecule has 0 aliphatic carbocycles. The summed E-state index contributed by atoms with van der Waals surface area (Å²) in [6.45, 7) is 3.55. The molecule has 1 saturated heterocycles. The Labute approximate surface area is 324 Å². The zero-order chi connectivity index (χ0) is 39.9. The minimum Gasteiger partial charge on any atom is -0.462 e. The van der Waals surface area contributed by atoms with Gasteiger partial charge < -0.3 is 34.3 Å². The van der Waals surface area contributed by atoms with Crippen LogP contribution in [0.5, 0.6) is 0 Å². The van der Waals surface area contributed by atoms with Gasteiger partial charge in [0.1, 0.15) is 36.8 Å². The Balaban J connectivity index is 2.52. The number of carbonyl (C=O) groups excluding carboxylic acids is 2. The fourth-order valence-electron chi connectivity index (χ4n) is 5.73. The molecular weight excluding hydrogens is 717 g/mol. The fraction of sp³-hybridized carbons (Fsp3) is 0.756. The number of carbonyl (C=O) groups is 2.